The van der Waals surface area contributed by atoms with Gasteiger partial charge in [-0.1, -0.05) is 152 Å². The molecule has 0 amide bonds. The van der Waals surface area contributed by atoms with Gasteiger partial charge in [-0.2, -0.15) is 0 Å². The van der Waals surface area contributed by atoms with Gasteiger partial charge in [-0.3, -0.25) is 0 Å². The van der Waals surface area contributed by atoms with Gasteiger partial charge >= 0.3 is 0 Å². The second-order valence-corrected chi connectivity index (χ2v) is 10.9. The summed E-state index contributed by atoms with van der Waals surface area (Å²) < 4.78 is 6.22. The average molecular weight is 501 g/mol. The lowest BCUT2D eigenvalue weighted by Gasteiger charge is -2.11. The van der Waals surface area contributed by atoms with Crippen molar-refractivity contribution in [2.45, 2.75) is 123 Å². The molecular weight excluding hydrogens is 448 g/mol. The maximum Gasteiger partial charge on any atom is 0.127 e. The minimum absolute atomic E-state index is 0.817. The molecular formula is C36H52O. The molecule has 0 unspecified atom stereocenters. The predicted molar refractivity (Wildman–Crippen MR) is 164 cm³/mol. The molecule has 3 rings (SSSR count). The van der Waals surface area contributed by atoms with Crippen molar-refractivity contribution in [1.29, 1.82) is 0 Å². The van der Waals surface area contributed by atoms with Crippen LogP contribution in [0, 0.1) is 0 Å². The van der Waals surface area contributed by atoms with Gasteiger partial charge in [0.1, 0.15) is 5.75 Å². The molecule has 0 heterocycles. The first-order valence-electron chi connectivity index (χ1n) is 15.6. The van der Waals surface area contributed by atoms with Crippen molar-refractivity contribution in [3.63, 3.8) is 0 Å². The highest BCUT2D eigenvalue weighted by atomic mass is 16.5. The molecule has 1 nitrogen and oxygen atoms in total. The third-order valence-corrected chi connectivity index (χ3v) is 7.70. The summed E-state index contributed by atoms with van der Waals surface area (Å²) >= 11 is 0. The zero-order valence-corrected chi connectivity index (χ0v) is 23.9. The molecule has 0 saturated carbocycles. The Morgan fingerprint density at radius 3 is 1.73 bits per heavy atom. The van der Waals surface area contributed by atoms with Gasteiger partial charge < -0.3 is 4.74 Å². The minimum atomic E-state index is 0.817. The molecule has 3 aromatic carbocycles. The fourth-order valence-corrected chi connectivity index (χ4v) is 5.30. The van der Waals surface area contributed by atoms with E-state index in [1.165, 1.54) is 130 Å². The molecule has 0 aromatic heterocycles. The van der Waals surface area contributed by atoms with Crippen LogP contribution in [-0.2, 0) is 6.42 Å². The quantitative estimate of drug-likeness (QED) is 0.140. The van der Waals surface area contributed by atoms with Gasteiger partial charge in [0.2, 0.25) is 0 Å². The van der Waals surface area contributed by atoms with Crippen LogP contribution in [0.15, 0.2) is 60.7 Å². The van der Waals surface area contributed by atoms with Crippen molar-refractivity contribution in [1.82, 2.24) is 0 Å². The van der Waals surface area contributed by atoms with Crippen LogP contribution in [0.25, 0.3) is 21.9 Å². The van der Waals surface area contributed by atoms with Gasteiger partial charge in [-0.15, -0.1) is 0 Å². The Hall–Kier alpha value is -2.28. The minimum Gasteiger partial charge on any atom is -0.493 e. The molecule has 0 aliphatic rings. The van der Waals surface area contributed by atoms with Crippen molar-refractivity contribution in [2.24, 2.45) is 0 Å². The Morgan fingerprint density at radius 1 is 0.514 bits per heavy atom. The smallest absolute Gasteiger partial charge is 0.127 e. The Balaban J connectivity index is 1.41. The Labute approximate surface area is 228 Å². The molecule has 3 aromatic rings. The van der Waals surface area contributed by atoms with Gasteiger partial charge in [-0.25, -0.2) is 0 Å². The maximum atomic E-state index is 6.22. The molecule has 0 aliphatic carbocycles. The highest BCUT2D eigenvalue weighted by Gasteiger charge is 2.05. The van der Waals surface area contributed by atoms with Gasteiger partial charge in [-0.05, 0) is 53.5 Å². The maximum absolute atomic E-state index is 6.22. The molecule has 0 aliphatic heterocycles. The van der Waals surface area contributed by atoms with E-state index in [2.05, 4.69) is 74.5 Å². The molecule has 37 heavy (non-hydrogen) atoms. The van der Waals surface area contributed by atoms with Crippen molar-refractivity contribution in [2.75, 3.05) is 6.61 Å². The Bertz CT molecular complexity index is 987. The van der Waals surface area contributed by atoms with E-state index >= 15 is 0 Å². The molecule has 1 heteroatoms. The van der Waals surface area contributed by atoms with Crippen LogP contribution in [0.2, 0.25) is 0 Å². The molecule has 0 radical (unpaired) electrons. The highest BCUT2D eigenvalue weighted by molar-refractivity contribution is 5.91. The van der Waals surface area contributed by atoms with E-state index in [9.17, 15) is 0 Å². The topological polar surface area (TPSA) is 9.23 Å². The zero-order chi connectivity index (χ0) is 26.0. The predicted octanol–water partition coefficient (Wildman–Crippen LogP) is 11.7. The van der Waals surface area contributed by atoms with E-state index in [1.807, 2.05) is 0 Å². The van der Waals surface area contributed by atoms with Crippen LogP contribution >= 0.6 is 0 Å². The summed E-state index contributed by atoms with van der Waals surface area (Å²) in [6.07, 6.45) is 22.9. The fraction of sp³-hybridized carbons (Fsp3) is 0.556. The summed E-state index contributed by atoms with van der Waals surface area (Å²) in [5, 5.41) is 2.48. The Morgan fingerprint density at radius 2 is 1.08 bits per heavy atom. The van der Waals surface area contributed by atoms with Crippen molar-refractivity contribution < 1.29 is 4.74 Å². The number of hydrogen-bond acceptors (Lipinski definition) is 1. The van der Waals surface area contributed by atoms with Crippen LogP contribution in [0.5, 0.6) is 5.75 Å². The van der Waals surface area contributed by atoms with E-state index in [1.54, 1.807) is 0 Å². The summed E-state index contributed by atoms with van der Waals surface area (Å²) in [5.41, 5.74) is 4.04. The van der Waals surface area contributed by atoms with Crippen LogP contribution in [0.4, 0.5) is 0 Å². The molecule has 0 atom stereocenters. The highest BCUT2D eigenvalue weighted by Crippen LogP contribution is 2.30. The number of aryl methyl sites for hydroxylation is 1. The molecule has 0 fully saturated rings. The monoisotopic (exact) mass is 500 g/mol. The SMILES string of the molecule is CCCCCCCCCCCCOc1cccc2cc(-c3ccc(CCCCCCCC)cc3)ccc12. The molecule has 0 spiro atoms. The van der Waals surface area contributed by atoms with Crippen molar-refractivity contribution >= 4 is 10.8 Å². The first kappa shape index (κ1) is 29.3. The van der Waals surface area contributed by atoms with Gasteiger partial charge in [0, 0.05) is 5.39 Å². The first-order chi connectivity index (χ1) is 18.3. The lowest BCUT2D eigenvalue weighted by molar-refractivity contribution is 0.307. The summed E-state index contributed by atoms with van der Waals surface area (Å²) in [7, 11) is 0. The second-order valence-electron chi connectivity index (χ2n) is 10.9. The van der Waals surface area contributed by atoms with Gasteiger partial charge in [0.05, 0.1) is 6.61 Å². The summed E-state index contributed by atoms with van der Waals surface area (Å²) in [4.78, 5) is 0. The van der Waals surface area contributed by atoms with Gasteiger partial charge in [0.25, 0.3) is 0 Å². The third kappa shape index (κ3) is 10.9. The third-order valence-electron chi connectivity index (χ3n) is 7.70. The van der Waals surface area contributed by atoms with E-state index in [0.29, 0.717) is 0 Å². The number of fused-ring (bicyclic) bond motifs is 1. The number of rotatable bonds is 20. The number of unbranched alkanes of at least 4 members (excludes halogenated alkanes) is 14. The second kappa shape index (κ2) is 18.1. The number of hydrogen-bond donors (Lipinski definition) is 0. The normalized spacial score (nSPS) is 11.3. The van der Waals surface area contributed by atoms with Crippen LogP contribution in [-0.4, -0.2) is 6.61 Å². The van der Waals surface area contributed by atoms with Crippen molar-refractivity contribution in [3.05, 3.63) is 66.2 Å². The van der Waals surface area contributed by atoms with E-state index in [-0.39, 0.29) is 0 Å². The summed E-state index contributed by atoms with van der Waals surface area (Å²) in [6.45, 7) is 5.38. The molecule has 202 valence electrons. The number of benzene rings is 3. The fourth-order valence-electron chi connectivity index (χ4n) is 5.30. The number of ether oxygens (including phenoxy) is 1. The lowest BCUT2D eigenvalue weighted by atomic mass is 9.98. The molecule has 0 saturated heterocycles. The van der Waals surface area contributed by atoms with E-state index in [4.69, 9.17) is 4.74 Å². The first-order valence-corrected chi connectivity index (χ1v) is 15.6. The van der Waals surface area contributed by atoms with Crippen LogP contribution in [0.1, 0.15) is 122 Å². The zero-order valence-electron chi connectivity index (χ0n) is 23.9. The van der Waals surface area contributed by atoms with Crippen LogP contribution in [0.3, 0.4) is 0 Å². The Kier molecular flexibility index (Phi) is 14.3. The lowest BCUT2D eigenvalue weighted by Crippen LogP contribution is -1.98. The van der Waals surface area contributed by atoms with Crippen LogP contribution < -0.4 is 4.74 Å². The molecule has 0 N–H and O–H groups in total. The summed E-state index contributed by atoms with van der Waals surface area (Å²) in [5.74, 6) is 1.02. The van der Waals surface area contributed by atoms with Crippen molar-refractivity contribution in [3.8, 4) is 16.9 Å². The van der Waals surface area contributed by atoms with E-state index in [0.717, 1.165) is 18.8 Å². The largest absolute Gasteiger partial charge is 0.493 e. The standard InChI is InChI=1S/C36H52O/c1-3-5-7-9-11-12-13-14-16-18-29-37-36-22-19-21-34-30-33(27-28-35(34)36)32-25-23-31(24-26-32)20-17-15-10-8-6-4-2/h19,21-28,30H,3-18,20,29H2,1-2H3. The van der Waals surface area contributed by atoms with E-state index < -0.39 is 0 Å². The summed E-state index contributed by atoms with van der Waals surface area (Å²) in [6, 6.07) is 22.5. The van der Waals surface area contributed by atoms with Gasteiger partial charge in [0.15, 0.2) is 0 Å². The molecule has 0 bridgehead atoms. The average Bonchev–Trinajstić information content (AvgIpc) is 2.93.